The molecule has 1 amide bonds. The molecule has 0 saturated carbocycles. The predicted molar refractivity (Wildman–Crippen MR) is 80.5 cm³/mol. The lowest BCUT2D eigenvalue weighted by atomic mass is 10.1. The Morgan fingerprint density at radius 2 is 2.15 bits per heavy atom. The summed E-state index contributed by atoms with van der Waals surface area (Å²) in [5, 5.41) is 0. The smallest absolute Gasteiger partial charge is 0.254 e. The van der Waals surface area contributed by atoms with Crippen LogP contribution in [0.5, 0.6) is 5.75 Å². The van der Waals surface area contributed by atoms with Crippen LogP contribution in [0.25, 0.3) is 0 Å². The van der Waals surface area contributed by atoms with Crippen LogP contribution in [0.2, 0.25) is 0 Å². The monoisotopic (exact) mass is 298 g/mol. The van der Waals surface area contributed by atoms with E-state index in [-0.39, 0.29) is 23.3 Å². The molecular weight excluding hydrogens is 279 g/mol. The molecule has 0 spiro atoms. The number of hydrogen-bond donors (Lipinski definition) is 1. The van der Waals surface area contributed by atoms with Crippen molar-refractivity contribution in [2.45, 2.75) is 26.3 Å². The number of amides is 1. The number of nitrogens with zero attached hydrogens (tertiary/aromatic N) is 1. The molecule has 0 aliphatic carbocycles. The number of benzene rings is 1. The minimum atomic E-state index is -0.559. The van der Waals surface area contributed by atoms with Gasteiger partial charge in [0, 0.05) is 24.6 Å². The summed E-state index contributed by atoms with van der Waals surface area (Å²) in [7, 11) is 1.38. The third-order valence-corrected chi connectivity index (χ3v) is 3.09. The van der Waals surface area contributed by atoms with E-state index in [0.29, 0.717) is 18.0 Å². The average molecular weight is 298 g/mol. The molecule has 4 nitrogen and oxygen atoms in total. The Morgan fingerprint density at radius 1 is 1.50 bits per heavy atom. The van der Waals surface area contributed by atoms with Crippen molar-refractivity contribution >= 4 is 23.1 Å². The summed E-state index contributed by atoms with van der Waals surface area (Å²) in [5.41, 5.74) is 5.74. The van der Waals surface area contributed by atoms with E-state index in [1.807, 2.05) is 13.8 Å². The zero-order valence-corrected chi connectivity index (χ0v) is 12.7. The summed E-state index contributed by atoms with van der Waals surface area (Å²) in [4.78, 5) is 14.3. The first-order chi connectivity index (χ1) is 9.36. The van der Waals surface area contributed by atoms with Gasteiger partial charge < -0.3 is 15.4 Å². The molecule has 0 atom stereocenters. The molecule has 0 aliphatic rings. The van der Waals surface area contributed by atoms with E-state index in [1.165, 1.54) is 19.2 Å². The molecule has 1 aromatic carbocycles. The normalized spacial score (nSPS) is 10.4. The molecule has 0 aromatic heterocycles. The summed E-state index contributed by atoms with van der Waals surface area (Å²) in [5.74, 6) is -0.699. The maximum Gasteiger partial charge on any atom is 0.254 e. The number of halogens is 1. The quantitative estimate of drug-likeness (QED) is 0.819. The van der Waals surface area contributed by atoms with Gasteiger partial charge in [-0.1, -0.05) is 12.2 Å². The van der Waals surface area contributed by atoms with Gasteiger partial charge in [-0.2, -0.15) is 0 Å². The number of ether oxygens (including phenoxy) is 1. The van der Waals surface area contributed by atoms with Crippen molar-refractivity contribution in [2.75, 3.05) is 13.7 Å². The van der Waals surface area contributed by atoms with Crippen LogP contribution >= 0.6 is 12.2 Å². The van der Waals surface area contributed by atoms with Gasteiger partial charge in [-0.25, -0.2) is 4.39 Å². The number of rotatable bonds is 6. The first-order valence-electron chi connectivity index (χ1n) is 6.29. The second-order valence-corrected chi connectivity index (χ2v) is 5.18. The van der Waals surface area contributed by atoms with Gasteiger partial charge >= 0.3 is 0 Å². The second kappa shape index (κ2) is 7.19. The van der Waals surface area contributed by atoms with Crippen molar-refractivity contribution in [3.63, 3.8) is 0 Å². The lowest BCUT2D eigenvalue weighted by Gasteiger charge is -2.26. The van der Waals surface area contributed by atoms with E-state index >= 15 is 0 Å². The number of carbonyl (C=O) groups is 1. The van der Waals surface area contributed by atoms with Crippen LogP contribution in [0.1, 0.15) is 30.6 Å². The lowest BCUT2D eigenvalue weighted by Crippen LogP contribution is -2.39. The van der Waals surface area contributed by atoms with Gasteiger partial charge in [0.1, 0.15) is 0 Å². The summed E-state index contributed by atoms with van der Waals surface area (Å²) in [6, 6.07) is 4.13. The average Bonchev–Trinajstić information content (AvgIpc) is 2.37. The molecule has 1 rings (SSSR count). The Labute approximate surface area is 123 Å². The van der Waals surface area contributed by atoms with Gasteiger partial charge in [-0.15, -0.1) is 0 Å². The summed E-state index contributed by atoms with van der Waals surface area (Å²) < 4.78 is 18.5. The van der Waals surface area contributed by atoms with Crippen LogP contribution in [-0.4, -0.2) is 35.5 Å². The molecule has 0 heterocycles. The SMILES string of the molecule is COc1ccc(C(=O)N(CCC(N)=S)C(C)C)cc1F. The second-order valence-electron chi connectivity index (χ2n) is 4.66. The third-order valence-electron chi connectivity index (χ3n) is 2.88. The van der Waals surface area contributed by atoms with E-state index in [4.69, 9.17) is 22.7 Å². The zero-order chi connectivity index (χ0) is 15.3. The van der Waals surface area contributed by atoms with Crippen molar-refractivity contribution in [3.8, 4) is 5.75 Å². The topological polar surface area (TPSA) is 55.6 Å². The molecule has 110 valence electrons. The van der Waals surface area contributed by atoms with Crippen LogP contribution in [0, 0.1) is 5.82 Å². The summed E-state index contributed by atoms with van der Waals surface area (Å²) in [6.45, 7) is 4.19. The highest BCUT2D eigenvalue weighted by atomic mass is 32.1. The lowest BCUT2D eigenvalue weighted by molar-refractivity contribution is 0.0711. The molecule has 0 fully saturated rings. The highest BCUT2D eigenvalue weighted by Crippen LogP contribution is 2.19. The van der Waals surface area contributed by atoms with Crippen LogP contribution in [0.15, 0.2) is 18.2 Å². The Bertz CT molecular complexity index is 506. The first-order valence-corrected chi connectivity index (χ1v) is 6.70. The Balaban J connectivity index is 2.94. The Hall–Kier alpha value is -1.69. The zero-order valence-electron chi connectivity index (χ0n) is 11.9. The van der Waals surface area contributed by atoms with E-state index in [1.54, 1.807) is 11.0 Å². The largest absolute Gasteiger partial charge is 0.494 e. The summed E-state index contributed by atoms with van der Waals surface area (Å²) in [6.07, 6.45) is 0.442. The standard InChI is InChI=1S/C14H19FN2O2S/c1-9(2)17(7-6-13(16)20)14(18)10-4-5-12(19-3)11(15)8-10/h4-5,8-9H,6-7H2,1-3H3,(H2,16,20). The molecular formula is C14H19FN2O2S. The fourth-order valence-corrected chi connectivity index (χ4v) is 1.88. The molecule has 6 heteroatoms. The number of thiocarbonyl (C=S) groups is 1. The van der Waals surface area contributed by atoms with E-state index < -0.39 is 5.82 Å². The van der Waals surface area contributed by atoms with Crippen LogP contribution in [-0.2, 0) is 0 Å². The van der Waals surface area contributed by atoms with Gasteiger partial charge in [0.25, 0.3) is 5.91 Å². The van der Waals surface area contributed by atoms with Crippen molar-refractivity contribution in [2.24, 2.45) is 5.73 Å². The number of nitrogens with two attached hydrogens (primary N) is 1. The highest BCUT2D eigenvalue weighted by molar-refractivity contribution is 7.80. The fourth-order valence-electron chi connectivity index (χ4n) is 1.79. The van der Waals surface area contributed by atoms with Gasteiger partial charge in [0.05, 0.1) is 12.1 Å². The maximum absolute atomic E-state index is 13.7. The van der Waals surface area contributed by atoms with Crippen LogP contribution in [0.4, 0.5) is 4.39 Å². The first kappa shape index (κ1) is 16.4. The Morgan fingerprint density at radius 3 is 2.60 bits per heavy atom. The Kier molecular flexibility index (Phi) is 5.88. The summed E-state index contributed by atoms with van der Waals surface area (Å²) >= 11 is 4.82. The van der Waals surface area contributed by atoms with Crippen molar-refractivity contribution < 1.29 is 13.9 Å². The molecule has 0 unspecified atom stereocenters. The van der Waals surface area contributed by atoms with Gasteiger partial charge in [0.2, 0.25) is 0 Å². The van der Waals surface area contributed by atoms with Crippen molar-refractivity contribution in [1.29, 1.82) is 0 Å². The van der Waals surface area contributed by atoms with Crippen molar-refractivity contribution in [3.05, 3.63) is 29.6 Å². The fraction of sp³-hybridized carbons (Fsp3) is 0.429. The van der Waals surface area contributed by atoms with Crippen LogP contribution < -0.4 is 10.5 Å². The number of methoxy groups -OCH3 is 1. The minimum absolute atomic E-state index is 0.0259. The number of carbonyl (C=O) groups excluding carboxylic acids is 1. The van der Waals surface area contributed by atoms with Crippen LogP contribution in [0.3, 0.4) is 0 Å². The third kappa shape index (κ3) is 4.16. The molecule has 0 radical (unpaired) electrons. The van der Waals surface area contributed by atoms with Gasteiger partial charge in [0.15, 0.2) is 11.6 Å². The highest BCUT2D eigenvalue weighted by Gasteiger charge is 2.20. The molecule has 0 saturated heterocycles. The maximum atomic E-state index is 13.7. The predicted octanol–water partition coefficient (Wildman–Crippen LogP) is 2.36. The molecule has 20 heavy (non-hydrogen) atoms. The van der Waals surface area contributed by atoms with Gasteiger partial charge in [-0.05, 0) is 32.0 Å². The van der Waals surface area contributed by atoms with E-state index in [2.05, 4.69) is 0 Å². The van der Waals surface area contributed by atoms with E-state index in [9.17, 15) is 9.18 Å². The molecule has 0 aliphatic heterocycles. The number of hydrogen-bond acceptors (Lipinski definition) is 3. The minimum Gasteiger partial charge on any atom is -0.494 e. The molecule has 1 aromatic rings. The molecule has 2 N–H and O–H groups in total. The van der Waals surface area contributed by atoms with Crippen molar-refractivity contribution in [1.82, 2.24) is 4.90 Å². The van der Waals surface area contributed by atoms with Gasteiger partial charge in [-0.3, -0.25) is 4.79 Å². The molecule has 0 bridgehead atoms. The van der Waals surface area contributed by atoms with E-state index in [0.717, 1.165) is 0 Å².